The first-order valence-electron chi connectivity index (χ1n) is 9.41. The van der Waals surface area contributed by atoms with Crippen LogP contribution in [-0.2, 0) is 4.79 Å². The second kappa shape index (κ2) is 8.26. The number of ether oxygens (including phenoxy) is 1. The Morgan fingerprint density at radius 3 is 2.38 bits per heavy atom. The van der Waals surface area contributed by atoms with E-state index in [0.717, 1.165) is 43.1 Å². The molecular formula is C22H28N2O2. The Hall–Kier alpha value is -2.49. The molecule has 1 fully saturated rings. The molecule has 0 bridgehead atoms. The molecule has 4 nitrogen and oxygen atoms in total. The molecule has 26 heavy (non-hydrogen) atoms. The van der Waals surface area contributed by atoms with Crippen molar-refractivity contribution in [2.75, 3.05) is 31.1 Å². The number of anilines is 1. The zero-order chi connectivity index (χ0) is 18.5. The first kappa shape index (κ1) is 18.3. The van der Waals surface area contributed by atoms with Crippen LogP contribution in [0.15, 0.2) is 48.5 Å². The van der Waals surface area contributed by atoms with Crippen LogP contribution in [0.25, 0.3) is 0 Å². The van der Waals surface area contributed by atoms with E-state index in [-0.39, 0.29) is 5.91 Å². The van der Waals surface area contributed by atoms with Crippen molar-refractivity contribution in [1.82, 2.24) is 4.90 Å². The maximum absolute atomic E-state index is 13.0. The number of aryl methyl sites for hydroxylation is 2. The molecule has 2 aromatic carbocycles. The third-order valence-electron chi connectivity index (χ3n) is 4.97. The first-order chi connectivity index (χ1) is 12.6. The molecule has 4 heteroatoms. The summed E-state index contributed by atoms with van der Waals surface area (Å²) in [5.74, 6) is 0.911. The Bertz CT molecular complexity index is 737. The highest BCUT2D eigenvalue weighted by Gasteiger charge is 2.28. The number of nitrogens with zero attached hydrogens (tertiary/aromatic N) is 2. The Labute approximate surface area is 156 Å². The molecule has 1 atom stereocenters. The maximum Gasteiger partial charge on any atom is 0.263 e. The lowest BCUT2D eigenvalue weighted by molar-refractivity contribution is -0.139. The predicted molar refractivity (Wildman–Crippen MR) is 106 cm³/mol. The Kier molecular flexibility index (Phi) is 5.82. The van der Waals surface area contributed by atoms with Gasteiger partial charge in [-0.2, -0.15) is 0 Å². The highest BCUT2D eigenvalue weighted by atomic mass is 16.5. The van der Waals surface area contributed by atoms with Crippen LogP contribution in [0.3, 0.4) is 0 Å². The van der Waals surface area contributed by atoms with Crippen molar-refractivity contribution in [3.8, 4) is 5.75 Å². The third kappa shape index (κ3) is 4.18. The van der Waals surface area contributed by atoms with E-state index >= 15 is 0 Å². The number of piperazine rings is 1. The summed E-state index contributed by atoms with van der Waals surface area (Å²) >= 11 is 0. The van der Waals surface area contributed by atoms with Crippen LogP contribution < -0.4 is 9.64 Å². The second-order valence-electron chi connectivity index (χ2n) is 6.93. The highest BCUT2D eigenvalue weighted by molar-refractivity contribution is 5.81. The molecule has 1 aliphatic heterocycles. The monoisotopic (exact) mass is 352 g/mol. The fourth-order valence-corrected chi connectivity index (χ4v) is 3.32. The quantitative estimate of drug-likeness (QED) is 0.820. The van der Waals surface area contributed by atoms with E-state index in [1.54, 1.807) is 0 Å². The van der Waals surface area contributed by atoms with Gasteiger partial charge in [0.15, 0.2) is 6.10 Å². The van der Waals surface area contributed by atoms with Crippen molar-refractivity contribution in [3.05, 3.63) is 59.7 Å². The van der Waals surface area contributed by atoms with Gasteiger partial charge in [0.2, 0.25) is 0 Å². The largest absolute Gasteiger partial charge is 0.480 e. The molecule has 1 saturated heterocycles. The number of carbonyl (C=O) groups is 1. The van der Waals surface area contributed by atoms with Crippen LogP contribution in [-0.4, -0.2) is 43.1 Å². The average molecular weight is 352 g/mol. The Morgan fingerprint density at radius 1 is 1.04 bits per heavy atom. The second-order valence-corrected chi connectivity index (χ2v) is 6.93. The number of carbonyl (C=O) groups excluding carboxylic acids is 1. The van der Waals surface area contributed by atoms with Gasteiger partial charge >= 0.3 is 0 Å². The van der Waals surface area contributed by atoms with Gasteiger partial charge in [-0.15, -0.1) is 0 Å². The maximum atomic E-state index is 13.0. The van der Waals surface area contributed by atoms with Crippen molar-refractivity contribution >= 4 is 11.6 Å². The molecule has 0 aliphatic carbocycles. The molecule has 1 unspecified atom stereocenters. The van der Waals surface area contributed by atoms with Gasteiger partial charge in [-0.25, -0.2) is 0 Å². The normalized spacial score (nSPS) is 15.7. The van der Waals surface area contributed by atoms with Crippen molar-refractivity contribution in [1.29, 1.82) is 0 Å². The van der Waals surface area contributed by atoms with Crippen LogP contribution in [0.1, 0.15) is 24.5 Å². The summed E-state index contributed by atoms with van der Waals surface area (Å²) in [6.45, 7) is 9.25. The summed E-state index contributed by atoms with van der Waals surface area (Å²) < 4.78 is 6.10. The lowest BCUT2D eigenvalue weighted by Crippen LogP contribution is -2.52. The van der Waals surface area contributed by atoms with Crippen LogP contribution in [0, 0.1) is 13.8 Å². The number of benzene rings is 2. The van der Waals surface area contributed by atoms with E-state index in [0.29, 0.717) is 6.42 Å². The van der Waals surface area contributed by atoms with Gasteiger partial charge < -0.3 is 14.5 Å². The summed E-state index contributed by atoms with van der Waals surface area (Å²) in [5, 5.41) is 0. The van der Waals surface area contributed by atoms with Crippen LogP contribution >= 0.6 is 0 Å². The number of hydrogen-bond acceptors (Lipinski definition) is 3. The van der Waals surface area contributed by atoms with Crippen molar-refractivity contribution in [3.63, 3.8) is 0 Å². The number of hydrogen-bond donors (Lipinski definition) is 0. The van der Waals surface area contributed by atoms with Gasteiger partial charge in [0.05, 0.1) is 0 Å². The average Bonchev–Trinajstić information content (AvgIpc) is 2.69. The molecule has 0 aromatic heterocycles. The van der Waals surface area contributed by atoms with E-state index < -0.39 is 6.10 Å². The van der Waals surface area contributed by atoms with Gasteiger partial charge in [-0.05, 0) is 49.6 Å². The summed E-state index contributed by atoms with van der Waals surface area (Å²) in [7, 11) is 0. The van der Waals surface area contributed by atoms with E-state index in [1.165, 1.54) is 5.69 Å². The summed E-state index contributed by atoms with van der Waals surface area (Å²) in [5.41, 5.74) is 3.43. The fraction of sp³-hybridized carbons (Fsp3) is 0.409. The molecule has 0 spiro atoms. The van der Waals surface area contributed by atoms with Gasteiger partial charge in [0.1, 0.15) is 5.75 Å². The smallest absolute Gasteiger partial charge is 0.263 e. The Balaban J connectivity index is 1.62. The van der Waals surface area contributed by atoms with E-state index in [2.05, 4.69) is 35.2 Å². The molecule has 0 radical (unpaired) electrons. The number of rotatable bonds is 5. The summed E-state index contributed by atoms with van der Waals surface area (Å²) in [6.07, 6.45) is 0.254. The van der Waals surface area contributed by atoms with Crippen LogP contribution in [0.2, 0.25) is 0 Å². The minimum absolute atomic E-state index is 0.0983. The summed E-state index contributed by atoms with van der Waals surface area (Å²) in [6, 6.07) is 16.5. The lowest BCUT2D eigenvalue weighted by atomic mass is 10.1. The fourth-order valence-electron chi connectivity index (χ4n) is 3.32. The van der Waals surface area contributed by atoms with Gasteiger partial charge in [-0.1, -0.05) is 37.3 Å². The minimum Gasteiger partial charge on any atom is -0.480 e. The summed E-state index contributed by atoms with van der Waals surface area (Å²) in [4.78, 5) is 17.2. The molecule has 1 heterocycles. The third-order valence-corrected chi connectivity index (χ3v) is 4.97. The lowest BCUT2D eigenvalue weighted by Gasteiger charge is -2.37. The van der Waals surface area contributed by atoms with E-state index in [4.69, 9.17) is 4.74 Å². The van der Waals surface area contributed by atoms with Gasteiger partial charge in [-0.3, -0.25) is 4.79 Å². The van der Waals surface area contributed by atoms with Gasteiger partial charge in [0.25, 0.3) is 5.91 Å². The standard InChI is InChI=1S/C22H28N2O2/c1-4-20(26-21-16-17(2)10-11-18(21)3)22(25)24-14-12-23(13-15-24)19-8-6-5-7-9-19/h5-11,16,20H,4,12-15H2,1-3H3. The van der Waals surface area contributed by atoms with Crippen LogP contribution in [0.5, 0.6) is 5.75 Å². The zero-order valence-corrected chi connectivity index (χ0v) is 15.9. The zero-order valence-electron chi connectivity index (χ0n) is 15.9. The molecule has 0 saturated carbocycles. The number of amides is 1. The Morgan fingerprint density at radius 2 is 1.73 bits per heavy atom. The number of para-hydroxylation sites is 1. The van der Waals surface area contributed by atoms with E-state index in [1.807, 2.05) is 43.9 Å². The first-order valence-corrected chi connectivity index (χ1v) is 9.41. The molecule has 0 N–H and O–H groups in total. The van der Waals surface area contributed by atoms with E-state index in [9.17, 15) is 4.79 Å². The molecular weight excluding hydrogens is 324 g/mol. The predicted octanol–water partition coefficient (Wildman–Crippen LogP) is 3.81. The SMILES string of the molecule is CCC(Oc1cc(C)ccc1C)C(=O)N1CCN(c2ccccc2)CC1. The van der Waals surface area contributed by atoms with Crippen molar-refractivity contribution in [2.24, 2.45) is 0 Å². The molecule has 1 amide bonds. The molecule has 1 aliphatic rings. The van der Waals surface area contributed by atoms with Gasteiger partial charge in [0, 0.05) is 31.9 Å². The topological polar surface area (TPSA) is 32.8 Å². The highest BCUT2D eigenvalue weighted by Crippen LogP contribution is 2.22. The minimum atomic E-state index is -0.418. The van der Waals surface area contributed by atoms with Crippen LogP contribution in [0.4, 0.5) is 5.69 Å². The molecule has 3 rings (SSSR count). The molecule has 138 valence electrons. The van der Waals surface area contributed by atoms with Crippen molar-refractivity contribution in [2.45, 2.75) is 33.3 Å². The van der Waals surface area contributed by atoms with Crippen molar-refractivity contribution < 1.29 is 9.53 Å². The molecule has 2 aromatic rings.